The highest BCUT2D eigenvalue weighted by Gasteiger charge is 2.70. The average molecular weight is 287 g/mol. The summed E-state index contributed by atoms with van der Waals surface area (Å²) in [6, 6.07) is 3.95. The largest absolute Gasteiger partial charge is 0.504 e. The summed E-state index contributed by atoms with van der Waals surface area (Å²) in [5.41, 5.74) is 1.37. The minimum atomic E-state index is -0.713. The van der Waals surface area contributed by atoms with Gasteiger partial charge in [0, 0.05) is 11.6 Å². The van der Waals surface area contributed by atoms with E-state index in [1.54, 1.807) is 6.07 Å². The van der Waals surface area contributed by atoms with E-state index in [9.17, 15) is 10.2 Å². The fourth-order valence-corrected chi connectivity index (χ4v) is 5.75. The van der Waals surface area contributed by atoms with E-state index in [2.05, 4.69) is 11.9 Å². The molecule has 4 aliphatic rings. The van der Waals surface area contributed by atoms with Crippen molar-refractivity contribution in [1.29, 1.82) is 0 Å². The topological polar surface area (TPSA) is 52.9 Å². The highest BCUT2D eigenvalue weighted by Crippen LogP contribution is 2.65. The lowest BCUT2D eigenvalue weighted by molar-refractivity contribution is -0.180. The monoisotopic (exact) mass is 287 g/mol. The van der Waals surface area contributed by atoms with Crippen LogP contribution in [0.15, 0.2) is 12.1 Å². The van der Waals surface area contributed by atoms with Gasteiger partial charge in [-0.3, -0.25) is 0 Å². The summed E-state index contributed by atoms with van der Waals surface area (Å²) in [7, 11) is 2.13. The highest BCUT2D eigenvalue weighted by atomic mass is 16.5. The van der Waals surface area contributed by atoms with E-state index >= 15 is 0 Å². The number of likely N-dealkylation sites (tertiary alicyclic amines) is 1. The zero-order chi connectivity index (χ0) is 14.4. The number of benzene rings is 1. The third kappa shape index (κ3) is 1.14. The predicted octanol–water partition coefficient (Wildman–Crippen LogP) is 1.57. The van der Waals surface area contributed by atoms with Gasteiger partial charge in [-0.2, -0.15) is 0 Å². The normalized spacial score (nSPS) is 43.3. The van der Waals surface area contributed by atoms with Crippen molar-refractivity contribution in [2.45, 2.75) is 55.3 Å². The number of likely N-dealkylation sites (N-methyl/N-ethyl adjacent to an activating group) is 1. The van der Waals surface area contributed by atoms with E-state index in [1.807, 2.05) is 6.07 Å². The molecule has 2 bridgehead atoms. The van der Waals surface area contributed by atoms with E-state index in [1.165, 1.54) is 5.56 Å². The van der Waals surface area contributed by atoms with E-state index in [-0.39, 0.29) is 23.3 Å². The maximum atomic E-state index is 11.7. The Balaban J connectivity index is 1.86. The van der Waals surface area contributed by atoms with Crippen LogP contribution in [0.25, 0.3) is 0 Å². The van der Waals surface area contributed by atoms with E-state index < -0.39 is 5.60 Å². The van der Waals surface area contributed by atoms with Crippen LogP contribution >= 0.6 is 0 Å². The molecule has 1 aromatic rings. The highest BCUT2D eigenvalue weighted by molar-refractivity contribution is 5.62. The summed E-state index contributed by atoms with van der Waals surface area (Å²) in [4.78, 5) is 2.32. The predicted molar refractivity (Wildman–Crippen MR) is 77.7 cm³/mol. The Hall–Kier alpha value is -1.26. The van der Waals surface area contributed by atoms with E-state index in [0.29, 0.717) is 5.75 Å². The van der Waals surface area contributed by atoms with Crippen LogP contribution in [0.2, 0.25) is 0 Å². The Kier molecular flexibility index (Phi) is 2.08. The van der Waals surface area contributed by atoms with Crippen LogP contribution in [0, 0.1) is 0 Å². The molecule has 2 fully saturated rings. The van der Waals surface area contributed by atoms with Crippen LogP contribution in [0.1, 0.15) is 36.8 Å². The maximum Gasteiger partial charge on any atom is 0.165 e. The lowest BCUT2D eigenvalue weighted by Crippen LogP contribution is -2.74. The Labute approximate surface area is 124 Å². The number of phenolic OH excluding ortho intramolecular Hbond substituents is 1. The van der Waals surface area contributed by atoms with Crippen molar-refractivity contribution in [3.05, 3.63) is 23.3 Å². The molecular weight excluding hydrogens is 266 g/mol. The zero-order valence-corrected chi connectivity index (χ0v) is 12.3. The third-order valence-corrected chi connectivity index (χ3v) is 6.63. The summed E-state index contributed by atoms with van der Waals surface area (Å²) in [5.74, 6) is 0.887. The average Bonchev–Trinajstić information content (AvgIpc) is 2.80. The van der Waals surface area contributed by atoms with Crippen LogP contribution in [0.3, 0.4) is 0 Å². The third-order valence-electron chi connectivity index (χ3n) is 6.63. The number of aliphatic hydroxyl groups is 1. The number of hydrogen-bond donors (Lipinski definition) is 2. The molecule has 1 saturated heterocycles. The zero-order valence-electron chi connectivity index (χ0n) is 12.3. The minimum absolute atomic E-state index is 0.0230. The summed E-state index contributed by atoms with van der Waals surface area (Å²) in [6.45, 7) is 0.987. The van der Waals surface area contributed by atoms with Crippen LogP contribution in [-0.4, -0.2) is 46.5 Å². The Morgan fingerprint density at radius 1 is 1.33 bits per heavy atom. The van der Waals surface area contributed by atoms with Crippen molar-refractivity contribution in [3.8, 4) is 11.5 Å². The number of phenols is 1. The molecule has 2 aliphatic carbocycles. The number of rotatable bonds is 0. The molecule has 2 aliphatic heterocycles. The van der Waals surface area contributed by atoms with Crippen LogP contribution in [0.5, 0.6) is 11.5 Å². The Morgan fingerprint density at radius 2 is 2.19 bits per heavy atom. The lowest BCUT2D eigenvalue weighted by Gasteiger charge is -2.62. The molecule has 1 aromatic carbocycles. The summed E-state index contributed by atoms with van der Waals surface area (Å²) < 4.78 is 6.18. The molecule has 2 N–H and O–H groups in total. The number of ether oxygens (including phenoxy) is 1. The summed E-state index contributed by atoms with van der Waals surface area (Å²) >= 11 is 0. The molecule has 0 aromatic heterocycles. The van der Waals surface area contributed by atoms with Crippen molar-refractivity contribution in [3.63, 3.8) is 0 Å². The van der Waals surface area contributed by atoms with Gasteiger partial charge in [0.1, 0.15) is 6.10 Å². The van der Waals surface area contributed by atoms with Gasteiger partial charge < -0.3 is 19.8 Å². The van der Waals surface area contributed by atoms with Crippen molar-refractivity contribution < 1.29 is 14.9 Å². The van der Waals surface area contributed by atoms with E-state index in [0.717, 1.165) is 44.2 Å². The molecule has 112 valence electrons. The van der Waals surface area contributed by atoms with Crippen molar-refractivity contribution in [1.82, 2.24) is 4.90 Å². The number of piperidine rings is 1. The van der Waals surface area contributed by atoms with E-state index in [4.69, 9.17) is 4.74 Å². The molecule has 21 heavy (non-hydrogen) atoms. The minimum Gasteiger partial charge on any atom is -0.504 e. The molecule has 1 unspecified atom stereocenters. The SMILES string of the molecule is CN1CC[C@]23c4c5ccc(O)c4OC2CCC[C@@]3(O)[C@H]1C5. The second-order valence-electron chi connectivity index (χ2n) is 7.29. The summed E-state index contributed by atoms with van der Waals surface area (Å²) in [5, 5.41) is 21.9. The molecule has 4 nitrogen and oxygen atoms in total. The first-order valence-corrected chi connectivity index (χ1v) is 8.02. The van der Waals surface area contributed by atoms with Gasteiger partial charge in [0.2, 0.25) is 0 Å². The molecular formula is C17H21NO3. The van der Waals surface area contributed by atoms with Gasteiger partial charge in [-0.15, -0.1) is 0 Å². The van der Waals surface area contributed by atoms with Gasteiger partial charge >= 0.3 is 0 Å². The molecule has 5 rings (SSSR count). The summed E-state index contributed by atoms with van der Waals surface area (Å²) in [6.07, 6.45) is 4.62. The fourth-order valence-electron chi connectivity index (χ4n) is 5.75. The van der Waals surface area contributed by atoms with Gasteiger partial charge in [-0.1, -0.05) is 6.07 Å². The van der Waals surface area contributed by atoms with Gasteiger partial charge in [0.05, 0.1) is 11.0 Å². The lowest BCUT2D eigenvalue weighted by atomic mass is 9.49. The maximum absolute atomic E-state index is 11.7. The number of hydrogen-bond acceptors (Lipinski definition) is 4. The molecule has 0 amide bonds. The fraction of sp³-hybridized carbons (Fsp3) is 0.647. The van der Waals surface area contributed by atoms with Gasteiger partial charge in [-0.25, -0.2) is 0 Å². The van der Waals surface area contributed by atoms with Crippen LogP contribution in [-0.2, 0) is 11.8 Å². The molecule has 0 radical (unpaired) electrons. The molecule has 1 spiro atoms. The molecule has 4 heteroatoms. The van der Waals surface area contributed by atoms with Crippen LogP contribution in [0.4, 0.5) is 0 Å². The number of nitrogens with zero attached hydrogens (tertiary/aromatic N) is 1. The first-order chi connectivity index (χ1) is 10.1. The first-order valence-electron chi connectivity index (χ1n) is 8.02. The molecule has 1 saturated carbocycles. The van der Waals surface area contributed by atoms with Gasteiger partial charge in [0.25, 0.3) is 0 Å². The Bertz CT molecular complexity index is 645. The van der Waals surface area contributed by atoms with Crippen LogP contribution < -0.4 is 4.74 Å². The van der Waals surface area contributed by atoms with Gasteiger partial charge in [0.15, 0.2) is 11.5 Å². The Morgan fingerprint density at radius 3 is 3.05 bits per heavy atom. The van der Waals surface area contributed by atoms with Crippen molar-refractivity contribution in [2.24, 2.45) is 0 Å². The second-order valence-corrected chi connectivity index (χ2v) is 7.29. The molecule has 2 heterocycles. The quantitative estimate of drug-likeness (QED) is 0.760. The number of aromatic hydroxyl groups is 1. The smallest absolute Gasteiger partial charge is 0.165 e. The first kappa shape index (κ1) is 12.3. The van der Waals surface area contributed by atoms with Crippen molar-refractivity contribution >= 4 is 0 Å². The standard InChI is InChI=1S/C17H21NO3/c1-18-8-7-16-13-3-2-6-17(16,20)12(18)9-10-4-5-11(19)15(21-13)14(10)16/h4-5,12-13,19-20H,2-3,6-9H2,1H3/t12-,13?,16-,17-/m1/s1. The molecule has 4 atom stereocenters. The second kappa shape index (κ2) is 3.55. The van der Waals surface area contributed by atoms with Crippen molar-refractivity contribution in [2.75, 3.05) is 13.6 Å². The van der Waals surface area contributed by atoms with Gasteiger partial charge in [-0.05, 0) is 57.3 Å².